The molecule has 1 amide bonds. The summed E-state index contributed by atoms with van der Waals surface area (Å²) >= 11 is 0. The van der Waals surface area contributed by atoms with Crippen LogP contribution in [0, 0.1) is 0 Å². The van der Waals surface area contributed by atoms with Crippen LogP contribution in [-0.4, -0.2) is 22.7 Å². The number of Topliss-reactive ketones (excluding diaryl/α,β-unsaturated/α-hetero) is 1. The van der Waals surface area contributed by atoms with Crippen LogP contribution in [0.4, 0.5) is 0 Å². The Kier molecular flexibility index (Phi) is 3.56. The Morgan fingerprint density at radius 3 is 2.54 bits per heavy atom. The van der Waals surface area contributed by atoms with E-state index in [-0.39, 0.29) is 29.2 Å². The quantitative estimate of drug-likeness (QED) is 0.909. The van der Waals surface area contributed by atoms with Crippen molar-refractivity contribution in [1.29, 1.82) is 0 Å². The first-order chi connectivity index (χ1) is 11.6. The second kappa shape index (κ2) is 5.74. The molecule has 0 bridgehead atoms. The first kappa shape index (κ1) is 14.9. The van der Waals surface area contributed by atoms with Gasteiger partial charge in [0.2, 0.25) is 0 Å². The number of benzene rings is 1. The van der Waals surface area contributed by atoms with E-state index in [2.05, 4.69) is 10.3 Å². The van der Waals surface area contributed by atoms with Crippen LogP contribution < -0.4 is 10.9 Å². The molecule has 0 unspecified atom stereocenters. The third-order valence-electron chi connectivity index (χ3n) is 4.73. The Hall–Kier alpha value is -2.69. The van der Waals surface area contributed by atoms with E-state index in [4.69, 9.17) is 0 Å². The molecule has 0 spiro atoms. The largest absolute Gasteiger partial charge is 0.349 e. The van der Waals surface area contributed by atoms with Gasteiger partial charge in [0.15, 0.2) is 5.78 Å². The molecule has 2 aliphatic carbocycles. The van der Waals surface area contributed by atoms with Crippen molar-refractivity contribution < 1.29 is 9.59 Å². The smallest absolute Gasteiger partial charge is 0.261 e. The number of aromatic nitrogens is 1. The number of hydrogen-bond donors (Lipinski definition) is 2. The first-order valence-corrected chi connectivity index (χ1v) is 8.27. The molecule has 1 heterocycles. The lowest BCUT2D eigenvalue weighted by Crippen LogP contribution is -2.33. The van der Waals surface area contributed by atoms with Gasteiger partial charge >= 0.3 is 0 Å². The summed E-state index contributed by atoms with van der Waals surface area (Å²) in [4.78, 5) is 39.7. The Balaban J connectivity index is 1.66. The van der Waals surface area contributed by atoms with Crippen LogP contribution in [0.15, 0.2) is 41.2 Å². The van der Waals surface area contributed by atoms with Crippen LogP contribution in [0.1, 0.15) is 57.2 Å². The zero-order valence-electron chi connectivity index (χ0n) is 13.2. The third-order valence-corrected chi connectivity index (χ3v) is 4.73. The summed E-state index contributed by atoms with van der Waals surface area (Å²) in [6.45, 7) is 0. The van der Waals surface area contributed by atoms with Crippen molar-refractivity contribution in [1.82, 2.24) is 10.3 Å². The van der Waals surface area contributed by atoms with Crippen LogP contribution in [-0.2, 0) is 6.42 Å². The fourth-order valence-corrected chi connectivity index (χ4v) is 3.25. The Morgan fingerprint density at radius 1 is 1.08 bits per heavy atom. The molecule has 0 radical (unpaired) electrons. The molecule has 0 saturated heterocycles. The molecule has 5 nitrogen and oxygen atoms in total. The van der Waals surface area contributed by atoms with E-state index < -0.39 is 5.56 Å². The van der Waals surface area contributed by atoms with E-state index in [9.17, 15) is 14.4 Å². The van der Waals surface area contributed by atoms with Gasteiger partial charge in [-0.25, -0.2) is 0 Å². The summed E-state index contributed by atoms with van der Waals surface area (Å²) in [5.74, 6) is -0.352. The molecule has 1 aromatic carbocycles. The van der Waals surface area contributed by atoms with Crippen molar-refractivity contribution in [3.8, 4) is 0 Å². The predicted molar refractivity (Wildman–Crippen MR) is 89.4 cm³/mol. The van der Waals surface area contributed by atoms with Gasteiger partial charge in [-0.3, -0.25) is 14.4 Å². The van der Waals surface area contributed by atoms with Gasteiger partial charge in [0.25, 0.3) is 11.5 Å². The number of carbonyl (C=O) groups is 2. The first-order valence-electron chi connectivity index (χ1n) is 8.27. The van der Waals surface area contributed by atoms with Gasteiger partial charge in [0.1, 0.15) is 5.56 Å². The van der Waals surface area contributed by atoms with Crippen molar-refractivity contribution >= 4 is 11.7 Å². The van der Waals surface area contributed by atoms with Gasteiger partial charge in [-0.2, -0.15) is 0 Å². The number of nitrogens with one attached hydrogen (secondary N) is 2. The molecule has 0 aliphatic heterocycles. The maximum absolute atomic E-state index is 12.5. The van der Waals surface area contributed by atoms with E-state index in [1.807, 2.05) is 30.3 Å². The maximum atomic E-state index is 12.5. The van der Waals surface area contributed by atoms with Crippen molar-refractivity contribution in [2.75, 3.05) is 0 Å². The summed E-state index contributed by atoms with van der Waals surface area (Å²) in [6, 6.07) is 11.5. The number of amides is 1. The van der Waals surface area contributed by atoms with Crippen LogP contribution in [0.2, 0.25) is 0 Å². The fraction of sp³-hybridized carbons (Fsp3) is 0.316. The van der Waals surface area contributed by atoms with Crippen molar-refractivity contribution in [3.05, 3.63) is 69.1 Å². The molecule has 1 saturated carbocycles. The van der Waals surface area contributed by atoms with Gasteiger partial charge in [-0.05, 0) is 36.8 Å². The zero-order valence-corrected chi connectivity index (χ0v) is 13.2. The molecule has 1 aromatic heterocycles. The number of pyridine rings is 1. The lowest BCUT2D eigenvalue weighted by molar-refractivity contribution is 0.0949. The molecule has 1 fully saturated rings. The standard InChI is InChI=1S/C19H18N2O3/c22-17-9-12(11-4-2-1-3-5-11)8-16-14(17)10-15(19(24)21-16)18(23)20-13-6-7-13/h1-5,10,12-13H,6-9H2,(H,20,23)(H,21,24)/t12-/m0/s1. The summed E-state index contributed by atoms with van der Waals surface area (Å²) in [5.41, 5.74) is 1.81. The minimum absolute atomic E-state index is 0.0261. The predicted octanol–water partition coefficient (Wildman–Crippen LogP) is 2.18. The van der Waals surface area contributed by atoms with Crippen molar-refractivity contribution in [2.24, 2.45) is 0 Å². The molecule has 1 atom stereocenters. The average molecular weight is 322 g/mol. The van der Waals surface area contributed by atoms with Gasteiger partial charge in [-0.15, -0.1) is 0 Å². The average Bonchev–Trinajstić information content (AvgIpc) is 3.38. The SMILES string of the molecule is O=C1C[C@@H](c2ccccc2)Cc2[nH]c(=O)c(C(=O)NC3CC3)cc21. The molecule has 2 N–H and O–H groups in total. The summed E-state index contributed by atoms with van der Waals surface area (Å²) in [7, 11) is 0. The normalized spacial score (nSPS) is 19.7. The number of ketones is 1. The van der Waals surface area contributed by atoms with Gasteiger partial charge in [0, 0.05) is 23.7 Å². The zero-order chi connectivity index (χ0) is 16.7. The van der Waals surface area contributed by atoms with Crippen LogP contribution >= 0.6 is 0 Å². The summed E-state index contributed by atoms with van der Waals surface area (Å²) in [5, 5.41) is 2.80. The number of rotatable bonds is 3. The Labute approximate surface area is 139 Å². The van der Waals surface area contributed by atoms with Gasteiger partial charge in [-0.1, -0.05) is 30.3 Å². The number of H-pyrrole nitrogens is 1. The fourth-order valence-electron chi connectivity index (χ4n) is 3.25. The van der Waals surface area contributed by atoms with E-state index in [0.29, 0.717) is 24.1 Å². The Bertz CT molecular complexity index is 866. The summed E-state index contributed by atoms with van der Waals surface area (Å²) < 4.78 is 0. The monoisotopic (exact) mass is 322 g/mol. The summed E-state index contributed by atoms with van der Waals surface area (Å²) in [6.07, 6.45) is 2.90. The van der Waals surface area contributed by atoms with E-state index >= 15 is 0 Å². The molecule has 24 heavy (non-hydrogen) atoms. The highest BCUT2D eigenvalue weighted by Crippen LogP contribution is 2.31. The molecule has 4 rings (SSSR count). The molecule has 2 aromatic rings. The van der Waals surface area contributed by atoms with E-state index in [1.54, 1.807) is 0 Å². The molecule has 5 heteroatoms. The molecular weight excluding hydrogens is 304 g/mol. The third kappa shape index (κ3) is 2.77. The van der Waals surface area contributed by atoms with Gasteiger partial charge < -0.3 is 10.3 Å². The van der Waals surface area contributed by atoms with Gasteiger partial charge in [0.05, 0.1) is 0 Å². The number of aromatic amines is 1. The second-order valence-corrected chi connectivity index (χ2v) is 6.59. The molecule has 2 aliphatic rings. The lowest BCUT2D eigenvalue weighted by atomic mass is 9.81. The highest BCUT2D eigenvalue weighted by Gasteiger charge is 2.30. The molecule has 122 valence electrons. The topological polar surface area (TPSA) is 79.0 Å². The highest BCUT2D eigenvalue weighted by molar-refractivity contribution is 6.02. The van der Waals surface area contributed by atoms with Crippen LogP contribution in [0.25, 0.3) is 0 Å². The van der Waals surface area contributed by atoms with Crippen molar-refractivity contribution in [2.45, 2.75) is 37.6 Å². The highest BCUT2D eigenvalue weighted by atomic mass is 16.2. The maximum Gasteiger partial charge on any atom is 0.261 e. The number of fused-ring (bicyclic) bond motifs is 1. The lowest BCUT2D eigenvalue weighted by Gasteiger charge is -2.24. The minimum Gasteiger partial charge on any atom is -0.349 e. The van der Waals surface area contributed by atoms with E-state index in [1.165, 1.54) is 6.07 Å². The Morgan fingerprint density at radius 2 is 1.83 bits per heavy atom. The molecular formula is C19H18N2O3. The van der Waals surface area contributed by atoms with E-state index in [0.717, 1.165) is 18.4 Å². The second-order valence-electron chi connectivity index (χ2n) is 6.59. The van der Waals surface area contributed by atoms with Crippen molar-refractivity contribution in [3.63, 3.8) is 0 Å². The van der Waals surface area contributed by atoms with Crippen LogP contribution in [0.3, 0.4) is 0 Å². The number of hydrogen-bond acceptors (Lipinski definition) is 3. The number of carbonyl (C=O) groups excluding carboxylic acids is 2. The van der Waals surface area contributed by atoms with Crippen LogP contribution in [0.5, 0.6) is 0 Å². The minimum atomic E-state index is -0.423.